The Hall–Kier alpha value is -1.56. The molecule has 0 fully saturated rings. The first-order chi connectivity index (χ1) is 7.99. The first-order valence-corrected chi connectivity index (χ1v) is 5.53. The zero-order valence-electron chi connectivity index (χ0n) is 8.84. The van der Waals surface area contributed by atoms with Crippen molar-refractivity contribution in [1.29, 1.82) is 0 Å². The van der Waals surface area contributed by atoms with Crippen molar-refractivity contribution in [1.82, 2.24) is 9.97 Å². The Kier molecular flexibility index (Phi) is 3.06. The maximum absolute atomic E-state index is 13.8. The van der Waals surface area contributed by atoms with Crippen molar-refractivity contribution < 1.29 is 8.78 Å². The van der Waals surface area contributed by atoms with Gasteiger partial charge in [0.05, 0.1) is 15.7 Å². The van der Waals surface area contributed by atoms with E-state index < -0.39 is 11.6 Å². The average molecular weight is 300 g/mol. The highest BCUT2D eigenvalue weighted by Gasteiger charge is 2.16. The Bertz CT molecular complexity index is 567. The van der Waals surface area contributed by atoms with E-state index in [0.29, 0.717) is 5.69 Å². The number of aromatic nitrogens is 2. The summed E-state index contributed by atoms with van der Waals surface area (Å²) in [6, 6.07) is 3.94. The summed E-state index contributed by atoms with van der Waals surface area (Å²) >= 11 is 3.00. The van der Waals surface area contributed by atoms with E-state index >= 15 is 0 Å². The van der Waals surface area contributed by atoms with Crippen LogP contribution in [0.25, 0.3) is 11.3 Å². The molecule has 88 valence electrons. The van der Waals surface area contributed by atoms with Gasteiger partial charge in [-0.1, -0.05) is 0 Å². The van der Waals surface area contributed by atoms with Crippen molar-refractivity contribution in [3.8, 4) is 11.3 Å². The number of hydrogen-bond acceptors (Lipinski definition) is 3. The van der Waals surface area contributed by atoms with Crippen LogP contribution < -0.4 is 5.73 Å². The molecule has 17 heavy (non-hydrogen) atoms. The molecule has 1 aromatic carbocycles. The van der Waals surface area contributed by atoms with E-state index in [1.807, 2.05) is 0 Å². The molecule has 2 N–H and O–H groups in total. The maximum Gasteiger partial charge on any atom is 0.220 e. The molecule has 0 atom stereocenters. The molecule has 1 aromatic heterocycles. The van der Waals surface area contributed by atoms with Gasteiger partial charge in [-0.05, 0) is 41.1 Å². The van der Waals surface area contributed by atoms with Crippen molar-refractivity contribution >= 4 is 21.9 Å². The monoisotopic (exact) mass is 299 g/mol. The third kappa shape index (κ3) is 2.26. The summed E-state index contributed by atoms with van der Waals surface area (Å²) in [4.78, 5) is 7.68. The molecule has 2 aromatic rings. The molecule has 0 radical (unpaired) electrons. The van der Waals surface area contributed by atoms with Gasteiger partial charge in [-0.2, -0.15) is 0 Å². The van der Waals surface area contributed by atoms with Crippen molar-refractivity contribution in [3.05, 3.63) is 40.0 Å². The third-order valence-electron chi connectivity index (χ3n) is 2.17. The Morgan fingerprint density at radius 2 is 1.94 bits per heavy atom. The van der Waals surface area contributed by atoms with Crippen LogP contribution in [0.4, 0.5) is 14.7 Å². The van der Waals surface area contributed by atoms with Crippen LogP contribution in [-0.4, -0.2) is 9.97 Å². The lowest BCUT2D eigenvalue weighted by Crippen LogP contribution is -2.01. The van der Waals surface area contributed by atoms with E-state index in [4.69, 9.17) is 5.73 Å². The van der Waals surface area contributed by atoms with Crippen LogP contribution >= 0.6 is 15.9 Å². The Morgan fingerprint density at radius 3 is 2.59 bits per heavy atom. The minimum Gasteiger partial charge on any atom is -0.368 e. The van der Waals surface area contributed by atoms with E-state index in [2.05, 4.69) is 25.9 Å². The topological polar surface area (TPSA) is 51.8 Å². The lowest BCUT2D eigenvalue weighted by atomic mass is 10.1. The average Bonchev–Trinajstić information content (AvgIpc) is 2.23. The Balaban J connectivity index is 2.72. The molecule has 0 aliphatic rings. The molecule has 0 aliphatic heterocycles. The summed E-state index contributed by atoms with van der Waals surface area (Å²) in [5, 5.41) is 0. The second-order valence-electron chi connectivity index (χ2n) is 3.47. The molecule has 0 aliphatic carbocycles. The number of benzene rings is 1. The fourth-order valence-electron chi connectivity index (χ4n) is 1.48. The van der Waals surface area contributed by atoms with Gasteiger partial charge in [0.2, 0.25) is 5.95 Å². The fourth-order valence-corrected chi connectivity index (χ4v) is 1.81. The van der Waals surface area contributed by atoms with Crippen molar-refractivity contribution in [2.45, 2.75) is 6.92 Å². The number of aryl methyl sites for hydroxylation is 1. The van der Waals surface area contributed by atoms with Crippen LogP contribution in [0, 0.1) is 18.6 Å². The van der Waals surface area contributed by atoms with Gasteiger partial charge in [0.15, 0.2) is 0 Å². The van der Waals surface area contributed by atoms with Gasteiger partial charge in [0.1, 0.15) is 11.6 Å². The molecule has 0 saturated heterocycles. The molecule has 0 saturated carbocycles. The van der Waals surface area contributed by atoms with Gasteiger partial charge >= 0.3 is 0 Å². The van der Waals surface area contributed by atoms with Gasteiger partial charge in [-0.15, -0.1) is 0 Å². The van der Waals surface area contributed by atoms with Crippen LogP contribution in [-0.2, 0) is 0 Å². The number of nitrogens with zero attached hydrogens (tertiary/aromatic N) is 2. The van der Waals surface area contributed by atoms with Gasteiger partial charge in [-0.3, -0.25) is 0 Å². The normalized spacial score (nSPS) is 10.6. The Labute approximate surface area is 105 Å². The van der Waals surface area contributed by atoms with E-state index in [9.17, 15) is 8.78 Å². The highest BCUT2D eigenvalue weighted by Crippen LogP contribution is 2.29. The molecule has 0 spiro atoms. The largest absolute Gasteiger partial charge is 0.368 e. The lowest BCUT2D eigenvalue weighted by Gasteiger charge is -2.07. The fraction of sp³-hybridized carbons (Fsp3) is 0.0909. The molecule has 2 rings (SSSR count). The van der Waals surface area contributed by atoms with E-state index in [0.717, 1.165) is 6.07 Å². The summed E-state index contributed by atoms with van der Waals surface area (Å²) in [6.07, 6.45) is 0. The van der Waals surface area contributed by atoms with E-state index in [1.54, 1.807) is 6.92 Å². The quantitative estimate of drug-likeness (QED) is 0.823. The zero-order valence-corrected chi connectivity index (χ0v) is 10.4. The number of halogens is 3. The van der Waals surface area contributed by atoms with Gasteiger partial charge in [-0.25, -0.2) is 18.7 Å². The second kappa shape index (κ2) is 4.37. The third-order valence-corrected chi connectivity index (χ3v) is 2.78. The smallest absolute Gasteiger partial charge is 0.220 e. The minimum absolute atomic E-state index is 0.0150. The predicted octanol–water partition coefficient (Wildman–Crippen LogP) is 3.07. The summed E-state index contributed by atoms with van der Waals surface area (Å²) in [6.45, 7) is 1.68. The summed E-state index contributed by atoms with van der Waals surface area (Å²) in [7, 11) is 0. The van der Waals surface area contributed by atoms with Crippen LogP contribution in [0.1, 0.15) is 5.69 Å². The zero-order chi connectivity index (χ0) is 12.6. The minimum atomic E-state index is -0.706. The summed E-state index contributed by atoms with van der Waals surface area (Å²) in [5.41, 5.74) is 5.92. The second-order valence-corrected chi connectivity index (χ2v) is 4.33. The summed E-state index contributed by atoms with van der Waals surface area (Å²) in [5.74, 6) is -1.41. The molecular weight excluding hydrogens is 292 g/mol. The molecule has 6 heteroatoms. The van der Waals surface area contributed by atoms with Gasteiger partial charge in [0, 0.05) is 5.69 Å². The van der Waals surface area contributed by atoms with Crippen LogP contribution in [0.5, 0.6) is 0 Å². The standard InChI is InChI=1S/C11H8BrF2N3/c1-5-4-8(17-11(15)16-5)9-7(13)3-2-6(12)10(9)14/h2-4H,1H3,(H2,15,16,17). The number of anilines is 1. The first-order valence-electron chi connectivity index (χ1n) is 4.74. The van der Waals surface area contributed by atoms with Crippen molar-refractivity contribution in [2.75, 3.05) is 5.73 Å². The van der Waals surface area contributed by atoms with E-state index in [1.165, 1.54) is 12.1 Å². The van der Waals surface area contributed by atoms with Gasteiger partial charge < -0.3 is 5.73 Å². The maximum atomic E-state index is 13.8. The van der Waals surface area contributed by atoms with Crippen LogP contribution in [0.2, 0.25) is 0 Å². The molecular formula is C11H8BrF2N3. The molecule has 3 nitrogen and oxygen atoms in total. The van der Waals surface area contributed by atoms with E-state index in [-0.39, 0.29) is 21.7 Å². The van der Waals surface area contributed by atoms with Crippen molar-refractivity contribution in [2.24, 2.45) is 0 Å². The highest BCUT2D eigenvalue weighted by molar-refractivity contribution is 9.10. The molecule has 0 bridgehead atoms. The SMILES string of the molecule is Cc1cc(-c2c(F)ccc(Br)c2F)nc(N)n1. The van der Waals surface area contributed by atoms with Gasteiger partial charge in [0.25, 0.3) is 0 Å². The summed E-state index contributed by atoms with van der Waals surface area (Å²) < 4.78 is 27.6. The number of rotatable bonds is 1. The van der Waals surface area contributed by atoms with Crippen LogP contribution in [0.15, 0.2) is 22.7 Å². The number of hydrogen-bond donors (Lipinski definition) is 1. The lowest BCUT2D eigenvalue weighted by molar-refractivity contribution is 0.584. The first kappa shape index (κ1) is 11.9. The Morgan fingerprint density at radius 1 is 1.24 bits per heavy atom. The number of nitrogen functional groups attached to an aromatic ring is 1. The molecule has 0 amide bonds. The molecule has 1 heterocycles. The number of nitrogens with two attached hydrogens (primary N) is 1. The van der Waals surface area contributed by atoms with Crippen molar-refractivity contribution in [3.63, 3.8) is 0 Å². The van der Waals surface area contributed by atoms with Crippen LogP contribution in [0.3, 0.4) is 0 Å². The highest BCUT2D eigenvalue weighted by atomic mass is 79.9. The molecule has 0 unspecified atom stereocenters. The predicted molar refractivity (Wildman–Crippen MR) is 64.2 cm³/mol.